The Hall–Kier alpha value is -2.67. The highest BCUT2D eigenvalue weighted by molar-refractivity contribution is 7.90. The van der Waals surface area contributed by atoms with Gasteiger partial charge in [0.15, 0.2) is 0 Å². The lowest BCUT2D eigenvalue weighted by Gasteiger charge is -2.24. The number of aliphatic hydroxyl groups excluding tert-OH is 3. The van der Waals surface area contributed by atoms with Crippen molar-refractivity contribution in [3.05, 3.63) is 36.4 Å². The zero-order valence-electron chi connectivity index (χ0n) is 22.6. The smallest absolute Gasteiger partial charge is 0.243 e. The summed E-state index contributed by atoms with van der Waals surface area (Å²) in [6.45, 7) is -2.10. The SMILES string of the molecule is CN(CCO)S(=O)(=O)c1cc(N)c2ccc3c(S(=O)(=O)N(C)CCO)cc(S(=O)(=O)N(C)CCO)c4ccc1c2c34. The van der Waals surface area contributed by atoms with Gasteiger partial charge in [-0.15, -0.1) is 0 Å². The van der Waals surface area contributed by atoms with Crippen LogP contribution in [0.5, 0.6) is 0 Å². The van der Waals surface area contributed by atoms with E-state index in [4.69, 9.17) is 5.73 Å². The number of benzene rings is 4. The van der Waals surface area contributed by atoms with Crippen LogP contribution in [0.4, 0.5) is 5.69 Å². The third-order valence-electron chi connectivity index (χ3n) is 7.13. The third kappa shape index (κ3) is 5.02. The summed E-state index contributed by atoms with van der Waals surface area (Å²) >= 11 is 0. The Kier molecular flexibility index (Phi) is 8.54. The fourth-order valence-electron chi connectivity index (χ4n) is 4.85. The van der Waals surface area contributed by atoms with Gasteiger partial charge < -0.3 is 21.1 Å². The molecule has 0 amide bonds. The monoisotopic (exact) mass is 628 g/mol. The zero-order chi connectivity index (χ0) is 30.5. The molecule has 16 heteroatoms. The number of sulfonamides is 3. The van der Waals surface area contributed by atoms with E-state index in [9.17, 15) is 40.6 Å². The Morgan fingerprint density at radius 1 is 0.561 bits per heavy atom. The van der Waals surface area contributed by atoms with Crippen LogP contribution in [0.3, 0.4) is 0 Å². The van der Waals surface area contributed by atoms with Crippen molar-refractivity contribution in [2.75, 3.05) is 66.3 Å². The lowest BCUT2D eigenvalue weighted by Crippen LogP contribution is -2.31. The van der Waals surface area contributed by atoms with E-state index in [0.29, 0.717) is 5.39 Å². The summed E-state index contributed by atoms with van der Waals surface area (Å²) in [7, 11) is -9.12. The number of nitrogens with zero attached hydrogens (tertiary/aromatic N) is 3. The van der Waals surface area contributed by atoms with Gasteiger partial charge in [0, 0.05) is 78.8 Å². The minimum absolute atomic E-state index is 0.0651. The first-order valence-corrected chi connectivity index (χ1v) is 16.7. The second-order valence-corrected chi connectivity index (χ2v) is 15.6. The molecule has 0 atom stereocenters. The minimum atomic E-state index is -4.36. The van der Waals surface area contributed by atoms with Gasteiger partial charge in [-0.05, 0) is 12.1 Å². The van der Waals surface area contributed by atoms with Crippen LogP contribution in [0.1, 0.15) is 0 Å². The maximum absolute atomic E-state index is 13.7. The molecule has 0 aliphatic rings. The molecule has 0 unspecified atom stereocenters. The lowest BCUT2D eigenvalue weighted by molar-refractivity contribution is 0.266. The molecule has 0 aliphatic carbocycles. The van der Waals surface area contributed by atoms with Crippen LogP contribution in [0.15, 0.2) is 51.1 Å². The predicted molar refractivity (Wildman–Crippen MR) is 155 cm³/mol. The average Bonchev–Trinajstić information content (AvgIpc) is 2.92. The summed E-state index contributed by atoms with van der Waals surface area (Å²) in [4.78, 5) is -0.925. The summed E-state index contributed by atoms with van der Waals surface area (Å²) in [5, 5.41) is 29.4. The van der Waals surface area contributed by atoms with Gasteiger partial charge >= 0.3 is 0 Å². The van der Waals surface area contributed by atoms with Crippen LogP contribution < -0.4 is 5.73 Å². The quantitative estimate of drug-likeness (QED) is 0.122. The molecule has 0 spiro atoms. The molecule has 0 heterocycles. The number of aliphatic hydroxyl groups is 3. The van der Waals surface area contributed by atoms with Crippen LogP contribution in [0.2, 0.25) is 0 Å². The minimum Gasteiger partial charge on any atom is -0.398 e. The molecular weight excluding hydrogens is 596 g/mol. The van der Waals surface area contributed by atoms with E-state index < -0.39 is 49.9 Å². The second-order valence-electron chi connectivity index (χ2n) is 9.56. The van der Waals surface area contributed by atoms with Crippen LogP contribution in [-0.4, -0.2) is 114 Å². The van der Waals surface area contributed by atoms with E-state index in [1.54, 1.807) is 6.07 Å². The van der Waals surface area contributed by atoms with Gasteiger partial charge in [-0.25, -0.2) is 25.3 Å². The number of nitrogen functional groups attached to an aromatic ring is 1. The Morgan fingerprint density at radius 3 is 1.20 bits per heavy atom. The standard InChI is InChI=1S/C25H32N4O9S3/c1-27(8-11-30)39(33,34)21-14-20(26)16-4-5-18-22(40(35,36)28(2)9-12-31)15-23(41(37,38)29(3)10-13-32)19-7-6-17(21)24(16)25(18)19/h4-7,14-15,30-32H,8-13,26H2,1-3H3. The van der Waals surface area contributed by atoms with Crippen molar-refractivity contribution in [3.63, 3.8) is 0 Å². The Bertz CT molecular complexity index is 1880. The number of nitrogens with two attached hydrogens (primary N) is 1. The zero-order valence-corrected chi connectivity index (χ0v) is 25.1. The fourth-order valence-corrected chi connectivity index (χ4v) is 9.05. The molecule has 0 aliphatic heterocycles. The van der Waals surface area contributed by atoms with Crippen molar-refractivity contribution in [2.24, 2.45) is 0 Å². The highest BCUT2D eigenvalue weighted by atomic mass is 32.2. The van der Waals surface area contributed by atoms with E-state index in [0.717, 1.165) is 19.0 Å². The highest BCUT2D eigenvalue weighted by Crippen LogP contribution is 2.45. The molecule has 4 rings (SSSR count). The topological polar surface area (TPSA) is 199 Å². The van der Waals surface area contributed by atoms with Gasteiger partial charge in [-0.2, -0.15) is 12.9 Å². The van der Waals surface area contributed by atoms with E-state index in [1.807, 2.05) is 0 Å². The molecule has 0 saturated carbocycles. The summed E-state index contributed by atoms with van der Waals surface area (Å²) in [5.41, 5.74) is 6.39. The molecule has 0 radical (unpaired) electrons. The maximum atomic E-state index is 13.7. The third-order valence-corrected chi connectivity index (χ3v) is 12.8. The Labute approximate surface area is 238 Å². The van der Waals surface area contributed by atoms with Crippen molar-refractivity contribution in [2.45, 2.75) is 14.7 Å². The van der Waals surface area contributed by atoms with Gasteiger partial charge in [-0.1, -0.05) is 24.3 Å². The molecule has 0 fully saturated rings. The van der Waals surface area contributed by atoms with Gasteiger partial charge in [0.1, 0.15) is 0 Å². The molecule has 0 bridgehead atoms. The van der Waals surface area contributed by atoms with E-state index in [1.165, 1.54) is 45.4 Å². The molecule has 0 aromatic heterocycles. The summed E-state index contributed by atoms with van der Waals surface area (Å²) in [6, 6.07) is 8.22. The molecule has 5 N–H and O–H groups in total. The van der Waals surface area contributed by atoms with Crippen molar-refractivity contribution >= 4 is 68.1 Å². The highest BCUT2D eigenvalue weighted by Gasteiger charge is 2.33. The van der Waals surface area contributed by atoms with Crippen molar-refractivity contribution in [1.29, 1.82) is 0 Å². The van der Waals surface area contributed by atoms with Crippen LogP contribution in [0, 0.1) is 0 Å². The normalized spacial score (nSPS) is 13.6. The molecule has 4 aromatic carbocycles. The van der Waals surface area contributed by atoms with Crippen molar-refractivity contribution < 1.29 is 40.6 Å². The molecule has 13 nitrogen and oxygen atoms in total. The van der Waals surface area contributed by atoms with Crippen LogP contribution in [-0.2, 0) is 30.1 Å². The Morgan fingerprint density at radius 2 is 0.854 bits per heavy atom. The molecule has 0 saturated heterocycles. The summed E-state index contributed by atoms with van der Waals surface area (Å²) in [6.07, 6.45) is 0. The molecule has 41 heavy (non-hydrogen) atoms. The number of rotatable bonds is 12. The first-order chi connectivity index (χ1) is 19.2. The van der Waals surface area contributed by atoms with E-state index in [-0.39, 0.29) is 66.9 Å². The van der Waals surface area contributed by atoms with Gasteiger partial charge in [0.2, 0.25) is 30.1 Å². The average molecular weight is 629 g/mol. The fraction of sp³-hybridized carbons (Fsp3) is 0.360. The molecule has 4 aromatic rings. The van der Waals surface area contributed by atoms with Crippen molar-refractivity contribution in [3.8, 4) is 0 Å². The first-order valence-electron chi connectivity index (χ1n) is 12.4. The molecular formula is C25H32N4O9S3. The Balaban J connectivity index is 2.27. The van der Waals surface area contributed by atoms with Crippen LogP contribution in [0.25, 0.3) is 32.3 Å². The predicted octanol–water partition coefficient (Wildman–Crippen LogP) is 0.00460. The lowest BCUT2D eigenvalue weighted by atomic mass is 9.93. The maximum Gasteiger partial charge on any atom is 0.243 e. The van der Waals surface area contributed by atoms with Gasteiger partial charge in [0.05, 0.1) is 34.5 Å². The van der Waals surface area contributed by atoms with E-state index >= 15 is 0 Å². The summed E-state index contributed by atoms with van der Waals surface area (Å²) in [5.74, 6) is 0. The largest absolute Gasteiger partial charge is 0.398 e. The number of anilines is 1. The van der Waals surface area contributed by atoms with Gasteiger partial charge in [0.25, 0.3) is 0 Å². The number of hydrogen-bond acceptors (Lipinski definition) is 10. The molecule has 224 valence electrons. The summed E-state index contributed by atoms with van der Waals surface area (Å²) < 4.78 is 84.6. The number of likely N-dealkylation sites (N-methyl/N-ethyl adjacent to an activating group) is 3. The first kappa shape index (κ1) is 31.3. The van der Waals surface area contributed by atoms with Gasteiger partial charge in [-0.3, -0.25) is 0 Å². The van der Waals surface area contributed by atoms with Crippen LogP contribution >= 0.6 is 0 Å². The second kappa shape index (κ2) is 11.2. The number of hydrogen-bond donors (Lipinski definition) is 4. The van der Waals surface area contributed by atoms with Crippen molar-refractivity contribution in [1.82, 2.24) is 12.9 Å². The van der Waals surface area contributed by atoms with E-state index in [2.05, 4.69) is 0 Å².